The Morgan fingerprint density at radius 1 is 1.48 bits per heavy atom. The van der Waals surface area contributed by atoms with Gasteiger partial charge in [0.25, 0.3) is 0 Å². The Bertz CT molecular complexity index is 487. The zero-order valence-electron chi connectivity index (χ0n) is 11.6. The Hall–Kier alpha value is -1.32. The van der Waals surface area contributed by atoms with Gasteiger partial charge in [0, 0.05) is 26.2 Å². The van der Waals surface area contributed by atoms with Crippen LogP contribution < -0.4 is 20.7 Å². The molecule has 0 aliphatic carbocycles. The summed E-state index contributed by atoms with van der Waals surface area (Å²) in [6.07, 6.45) is 0.860. The fraction of sp³-hybridized carbons (Fsp3) is 0.462. The van der Waals surface area contributed by atoms with E-state index in [2.05, 4.69) is 15.0 Å². The molecule has 118 valence electrons. The maximum atomic E-state index is 12.4. The third-order valence-corrected chi connectivity index (χ3v) is 3.20. The molecule has 1 unspecified atom stereocenters. The van der Waals surface area contributed by atoms with Gasteiger partial charge in [-0.15, -0.1) is 24.0 Å². The summed E-state index contributed by atoms with van der Waals surface area (Å²) in [5, 5.41) is 3.09. The fourth-order valence-corrected chi connectivity index (χ4v) is 2.28. The summed E-state index contributed by atoms with van der Waals surface area (Å²) in [5.74, 6) is 0.578. The van der Waals surface area contributed by atoms with E-state index < -0.39 is 6.61 Å². The van der Waals surface area contributed by atoms with E-state index in [1.165, 1.54) is 0 Å². The van der Waals surface area contributed by atoms with E-state index in [4.69, 9.17) is 5.73 Å². The molecule has 0 spiro atoms. The zero-order valence-corrected chi connectivity index (χ0v) is 14.0. The summed E-state index contributed by atoms with van der Waals surface area (Å²) in [4.78, 5) is 5.85. The molecule has 0 radical (unpaired) electrons. The maximum Gasteiger partial charge on any atom is 0.387 e. The predicted molar refractivity (Wildman–Crippen MR) is 89.8 cm³/mol. The number of aliphatic imine (C=N–C) groups is 1. The topological polar surface area (TPSA) is 62.9 Å². The maximum absolute atomic E-state index is 12.4. The van der Waals surface area contributed by atoms with Crippen molar-refractivity contribution in [3.63, 3.8) is 0 Å². The third-order valence-electron chi connectivity index (χ3n) is 3.20. The van der Waals surface area contributed by atoms with Gasteiger partial charge in [-0.3, -0.25) is 4.99 Å². The molecule has 1 atom stereocenters. The largest absolute Gasteiger partial charge is 0.433 e. The monoisotopic (exact) mass is 412 g/mol. The van der Waals surface area contributed by atoms with E-state index in [1.807, 2.05) is 4.90 Å². The minimum absolute atomic E-state index is 0. The molecule has 5 nitrogen and oxygen atoms in total. The molecule has 1 aliphatic rings. The van der Waals surface area contributed by atoms with Gasteiger partial charge in [0.1, 0.15) is 5.75 Å². The number of para-hydroxylation sites is 2. The molecule has 0 saturated carbocycles. The molecule has 1 saturated heterocycles. The van der Waals surface area contributed by atoms with Crippen LogP contribution in [0.15, 0.2) is 29.3 Å². The van der Waals surface area contributed by atoms with Gasteiger partial charge in [-0.05, 0) is 18.6 Å². The average molecular weight is 412 g/mol. The summed E-state index contributed by atoms with van der Waals surface area (Å²) < 4.78 is 29.3. The van der Waals surface area contributed by atoms with Crippen LogP contribution in [0, 0.1) is 0 Å². The quantitative estimate of drug-likeness (QED) is 0.452. The lowest BCUT2D eigenvalue weighted by Gasteiger charge is -2.22. The van der Waals surface area contributed by atoms with Crippen LogP contribution in [-0.2, 0) is 0 Å². The first-order chi connectivity index (χ1) is 9.60. The third kappa shape index (κ3) is 4.87. The van der Waals surface area contributed by atoms with Crippen molar-refractivity contribution < 1.29 is 13.5 Å². The van der Waals surface area contributed by atoms with Crippen LogP contribution in [0.1, 0.15) is 6.42 Å². The first-order valence-corrected chi connectivity index (χ1v) is 6.37. The number of alkyl halides is 2. The highest BCUT2D eigenvalue weighted by Gasteiger charge is 2.25. The fourth-order valence-electron chi connectivity index (χ4n) is 2.28. The zero-order chi connectivity index (χ0) is 14.5. The number of hydrogen-bond acceptors (Lipinski definition) is 3. The molecule has 0 bridgehead atoms. The number of guanidine groups is 1. The molecule has 1 fully saturated rings. The van der Waals surface area contributed by atoms with Crippen LogP contribution in [-0.4, -0.2) is 38.8 Å². The van der Waals surface area contributed by atoms with Gasteiger partial charge >= 0.3 is 6.61 Å². The predicted octanol–water partition coefficient (Wildman–Crippen LogP) is 2.02. The Kier molecular flexibility index (Phi) is 6.93. The van der Waals surface area contributed by atoms with Crippen LogP contribution in [0.25, 0.3) is 0 Å². The van der Waals surface area contributed by atoms with Crippen molar-refractivity contribution in [2.24, 2.45) is 10.7 Å². The van der Waals surface area contributed by atoms with Gasteiger partial charge in [0.2, 0.25) is 0 Å². The average Bonchev–Trinajstić information content (AvgIpc) is 2.87. The van der Waals surface area contributed by atoms with Crippen LogP contribution in [0.5, 0.6) is 5.75 Å². The first kappa shape index (κ1) is 17.7. The number of halogens is 3. The van der Waals surface area contributed by atoms with Crippen molar-refractivity contribution in [2.75, 3.05) is 25.0 Å². The number of nitrogens with zero attached hydrogens (tertiary/aromatic N) is 2. The molecule has 1 aromatic rings. The van der Waals surface area contributed by atoms with Crippen LogP contribution >= 0.6 is 24.0 Å². The summed E-state index contributed by atoms with van der Waals surface area (Å²) in [7, 11) is 1.61. The smallest absolute Gasteiger partial charge is 0.387 e. The van der Waals surface area contributed by atoms with Crippen LogP contribution in [0.2, 0.25) is 0 Å². The molecule has 21 heavy (non-hydrogen) atoms. The molecule has 3 N–H and O–H groups in total. The molecule has 1 heterocycles. The van der Waals surface area contributed by atoms with Crippen LogP contribution in [0.4, 0.5) is 14.5 Å². The van der Waals surface area contributed by atoms with Crippen LogP contribution in [0.3, 0.4) is 0 Å². The van der Waals surface area contributed by atoms with Gasteiger partial charge in [0.15, 0.2) is 5.96 Å². The Morgan fingerprint density at radius 2 is 2.19 bits per heavy atom. The van der Waals surface area contributed by atoms with Gasteiger partial charge < -0.3 is 20.7 Å². The highest BCUT2D eigenvalue weighted by atomic mass is 127. The summed E-state index contributed by atoms with van der Waals surface area (Å²) in [6.45, 7) is -1.41. The van der Waals surface area contributed by atoms with E-state index in [0.29, 0.717) is 18.2 Å². The Morgan fingerprint density at radius 3 is 2.86 bits per heavy atom. The van der Waals surface area contributed by atoms with Gasteiger partial charge in [-0.25, -0.2) is 0 Å². The number of ether oxygens (including phenoxy) is 1. The number of rotatable bonds is 4. The minimum Gasteiger partial charge on any atom is -0.433 e. The first-order valence-electron chi connectivity index (χ1n) is 6.37. The number of nitrogens with two attached hydrogens (primary N) is 1. The van der Waals surface area contributed by atoms with E-state index in [0.717, 1.165) is 13.0 Å². The van der Waals surface area contributed by atoms with E-state index >= 15 is 0 Å². The van der Waals surface area contributed by atoms with Gasteiger partial charge in [-0.2, -0.15) is 8.78 Å². The lowest BCUT2D eigenvalue weighted by atomic mass is 10.2. The molecular weight excluding hydrogens is 393 g/mol. The molecule has 0 amide bonds. The summed E-state index contributed by atoms with van der Waals surface area (Å²) >= 11 is 0. The normalized spacial score (nSPS) is 18.6. The summed E-state index contributed by atoms with van der Waals surface area (Å²) in [5.41, 5.74) is 6.30. The standard InChI is InChI=1S/C13H18F2N4O.HI/c1-17-13(16)18-9-6-7-19(8-9)10-4-2-3-5-11(10)20-12(14)15;/h2-5,9,12H,6-8H2,1H3,(H3,16,17,18);1H. The highest BCUT2D eigenvalue weighted by molar-refractivity contribution is 14.0. The second-order valence-corrected chi connectivity index (χ2v) is 4.53. The van der Waals surface area contributed by atoms with Crippen molar-refractivity contribution in [3.05, 3.63) is 24.3 Å². The number of benzene rings is 1. The SMILES string of the molecule is CN=C(N)NC1CCN(c2ccccc2OC(F)F)C1.I. The molecule has 2 rings (SSSR count). The van der Waals surface area contributed by atoms with Crippen molar-refractivity contribution in [1.29, 1.82) is 0 Å². The minimum atomic E-state index is -2.82. The lowest BCUT2D eigenvalue weighted by Crippen LogP contribution is -2.41. The summed E-state index contributed by atoms with van der Waals surface area (Å²) in [6, 6.07) is 6.95. The van der Waals surface area contributed by atoms with E-state index in [1.54, 1.807) is 31.3 Å². The molecule has 0 aromatic heterocycles. The molecule has 8 heteroatoms. The Labute approximate surface area is 139 Å². The van der Waals surface area contributed by atoms with Crippen molar-refractivity contribution >= 4 is 35.6 Å². The molecule has 1 aromatic carbocycles. The van der Waals surface area contributed by atoms with Crippen molar-refractivity contribution in [2.45, 2.75) is 19.1 Å². The second-order valence-electron chi connectivity index (χ2n) is 4.53. The number of hydrogen-bond donors (Lipinski definition) is 2. The number of anilines is 1. The van der Waals surface area contributed by atoms with E-state index in [9.17, 15) is 8.78 Å². The molecule has 1 aliphatic heterocycles. The van der Waals surface area contributed by atoms with E-state index in [-0.39, 0.29) is 35.8 Å². The van der Waals surface area contributed by atoms with Crippen molar-refractivity contribution in [1.82, 2.24) is 5.32 Å². The lowest BCUT2D eigenvalue weighted by molar-refractivity contribution is -0.0495. The van der Waals surface area contributed by atoms with Crippen molar-refractivity contribution in [3.8, 4) is 5.75 Å². The highest BCUT2D eigenvalue weighted by Crippen LogP contribution is 2.31. The number of nitrogens with one attached hydrogen (secondary N) is 1. The second kappa shape index (κ2) is 8.20. The molecular formula is C13H19F2IN4O. The Balaban J connectivity index is 0.00000220. The van der Waals surface area contributed by atoms with Gasteiger partial charge in [0.05, 0.1) is 5.69 Å². The van der Waals surface area contributed by atoms with Gasteiger partial charge in [-0.1, -0.05) is 12.1 Å².